The number of carbonyl (C=O) groups is 1. The first-order chi connectivity index (χ1) is 16.9. The molecule has 2 aliphatic carbocycles. The van der Waals surface area contributed by atoms with E-state index in [9.17, 15) is 13.2 Å². The molecule has 35 heavy (non-hydrogen) atoms. The third-order valence-corrected chi connectivity index (χ3v) is 9.38. The summed E-state index contributed by atoms with van der Waals surface area (Å²) >= 11 is 0. The van der Waals surface area contributed by atoms with Crippen LogP contribution in [-0.2, 0) is 27.4 Å². The fourth-order valence-corrected chi connectivity index (χ4v) is 7.50. The number of rotatable bonds is 5. The predicted molar refractivity (Wildman–Crippen MR) is 127 cm³/mol. The zero-order chi connectivity index (χ0) is 24.0. The van der Waals surface area contributed by atoms with Crippen LogP contribution in [0.25, 0.3) is 5.69 Å². The van der Waals surface area contributed by atoms with Crippen molar-refractivity contribution in [3.8, 4) is 5.69 Å². The fraction of sp³-hybridized carbons (Fsp3) is 0.440. The number of carbonyl (C=O) groups excluding carboxylic acids is 1. The van der Waals surface area contributed by atoms with Gasteiger partial charge in [0, 0.05) is 0 Å². The van der Waals surface area contributed by atoms with Crippen LogP contribution in [0.2, 0.25) is 0 Å². The van der Waals surface area contributed by atoms with Gasteiger partial charge in [0.05, 0.1) is 17.0 Å². The van der Waals surface area contributed by atoms with Crippen LogP contribution in [-0.4, -0.2) is 52.6 Å². The van der Waals surface area contributed by atoms with Gasteiger partial charge in [0.2, 0.25) is 9.84 Å². The van der Waals surface area contributed by atoms with E-state index in [1.807, 2.05) is 18.2 Å². The van der Waals surface area contributed by atoms with Crippen molar-refractivity contribution in [1.82, 2.24) is 25.5 Å². The third-order valence-electron chi connectivity index (χ3n) is 7.66. The standard InChI is InChI=1S/C25H27N5O4S/c31-24-26-25(16-34-24)11-10-21(14-25)20-9-8-18-12-17(6-7-19(18)13-20)15-35(32,33)23-27-28-29-30(23)22-4-2-1-3-5-22/h1-5,8-9,13,17,21H,6-7,10-12,14-16H2,(H,26,31)/t17-,21?,25?/m1/s1. The number of cyclic esters (lactones) is 1. The molecule has 3 aliphatic rings. The smallest absolute Gasteiger partial charge is 0.407 e. The monoisotopic (exact) mass is 493 g/mol. The number of nitrogens with zero attached hydrogens (tertiary/aromatic N) is 4. The Labute approximate surface area is 203 Å². The Morgan fingerprint density at radius 3 is 2.77 bits per heavy atom. The molecule has 1 saturated carbocycles. The number of alkyl carbamates (subject to hydrolysis) is 1. The molecule has 1 amide bonds. The number of aromatic nitrogens is 4. The van der Waals surface area contributed by atoms with Crippen molar-refractivity contribution >= 4 is 15.9 Å². The molecule has 10 heteroatoms. The number of hydrogen-bond donors (Lipinski definition) is 1. The highest BCUT2D eigenvalue weighted by Crippen LogP contribution is 2.43. The highest BCUT2D eigenvalue weighted by molar-refractivity contribution is 7.91. The van der Waals surface area contributed by atoms with E-state index < -0.39 is 9.84 Å². The lowest BCUT2D eigenvalue weighted by Crippen LogP contribution is -2.40. The molecular weight excluding hydrogens is 466 g/mol. The second kappa shape index (κ2) is 8.44. The van der Waals surface area contributed by atoms with E-state index in [0.717, 1.165) is 38.5 Å². The Kier molecular flexibility index (Phi) is 5.36. The Morgan fingerprint density at radius 2 is 1.97 bits per heavy atom. The third kappa shape index (κ3) is 4.20. The first-order valence-electron chi connectivity index (χ1n) is 12.0. The van der Waals surface area contributed by atoms with E-state index >= 15 is 0 Å². The number of ether oxygens (including phenoxy) is 1. The topological polar surface area (TPSA) is 116 Å². The number of nitrogens with one attached hydrogen (secondary N) is 1. The molecule has 0 radical (unpaired) electrons. The average Bonchev–Trinajstić information content (AvgIpc) is 3.60. The summed E-state index contributed by atoms with van der Waals surface area (Å²) in [4.78, 5) is 11.5. The average molecular weight is 494 g/mol. The number of fused-ring (bicyclic) bond motifs is 1. The van der Waals surface area contributed by atoms with Crippen LogP contribution in [0.3, 0.4) is 0 Å². The molecule has 2 heterocycles. The zero-order valence-corrected chi connectivity index (χ0v) is 20.1. The predicted octanol–water partition coefficient (Wildman–Crippen LogP) is 2.99. The van der Waals surface area contributed by atoms with Gasteiger partial charge in [0.15, 0.2) is 0 Å². The van der Waals surface area contributed by atoms with Gasteiger partial charge in [0.1, 0.15) is 6.61 Å². The number of sulfone groups is 1. The maximum atomic E-state index is 13.2. The summed E-state index contributed by atoms with van der Waals surface area (Å²) in [5.74, 6) is 0.434. The second-order valence-corrected chi connectivity index (χ2v) is 12.0. The summed E-state index contributed by atoms with van der Waals surface area (Å²) in [6, 6.07) is 15.7. The van der Waals surface area contributed by atoms with E-state index in [0.29, 0.717) is 18.2 Å². The molecule has 9 nitrogen and oxygen atoms in total. The molecule has 1 aromatic heterocycles. The normalized spacial score (nSPS) is 25.9. The molecule has 182 valence electrons. The zero-order valence-electron chi connectivity index (χ0n) is 19.3. The number of tetrazole rings is 1. The van der Waals surface area contributed by atoms with Crippen LogP contribution >= 0.6 is 0 Å². The molecule has 1 spiro atoms. The molecular formula is C25H27N5O4S. The summed E-state index contributed by atoms with van der Waals surface area (Å²) in [7, 11) is -3.66. The van der Waals surface area contributed by atoms with Gasteiger partial charge in [0.25, 0.3) is 5.16 Å². The Balaban J connectivity index is 1.15. The number of benzene rings is 2. The molecule has 1 N–H and O–H groups in total. The van der Waals surface area contributed by atoms with Crippen molar-refractivity contribution in [1.29, 1.82) is 0 Å². The summed E-state index contributed by atoms with van der Waals surface area (Å²) in [6.07, 6.45) is 4.93. The van der Waals surface area contributed by atoms with Crippen LogP contribution < -0.4 is 5.32 Å². The lowest BCUT2D eigenvalue weighted by molar-refractivity contribution is 0.172. The van der Waals surface area contributed by atoms with E-state index in [1.54, 1.807) is 12.1 Å². The Bertz CT molecular complexity index is 1370. The van der Waals surface area contributed by atoms with Crippen molar-refractivity contribution in [3.05, 3.63) is 65.2 Å². The van der Waals surface area contributed by atoms with Crippen molar-refractivity contribution in [3.63, 3.8) is 0 Å². The van der Waals surface area contributed by atoms with Gasteiger partial charge in [-0.25, -0.2) is 13.2 Å². The summed E-state index contributed by atoms with van der Waals surface area (Å²) in [5.41, 5.74) is 4.22. The molecule has 1 aliphatic heterocycles. The minimum absolute atomic E-state index is 0.0138. The fourth-order valence-electron chi connectivity index (χ4n) is 5.88. The quantitative estimate of drug-likeness (QED) is 0.581. The molecule has 3 aromatic rings. The van der Waals surface area contributed by atoms with Crippen LogP contribution in [0.15, 0.2) is 53.7 Å². The molecule has 2 aromatic carbocycles. The molecule has 6 rings (SSSR count). The van der Waals surface area contributed by atoms with Crippen LogP contribution in [0.5, 0.6) is 0 Å². The summed E-state index contributed by atoms with van der Waals surface area (Å²) in [6.45, 7) is 0.455. The Morgan fingerprint density at radius 1 is 1.11 bits per heavy atom. The SMILES string of the molecule is O=C1NC2(CCC(c3ccc4c(c3)CC[C@@H](CS(=O)(=O)c3nnnn3-c3ccccc3)C4)C2)CO1. The first kappa shape index (κ1) is 22.2. The van der Waals surface area contributed by atoms with E-state index in [2.05, 4.69) is 39.0 Å². The largest absolute Gasteiger partial charge is 0.447 e. The number of amides is 1. The van der Waals surface area contributed by atoms with Crippen molar-refractivity contribution in [2.75, 3.05) is 12.4 Å². The second-order valence-electron chi connectivity index (χ2n) is 10.0. The lowest BCUT2D eigenvalue weighted by atomic mass is 9.82. The van der Waals surface area contributed by atoms with Crippen LogP contribution in [0.1, 0.15) is 48.3 Å². The van der Waals surface area contributed by atoms with Crippen LogP contribution in [0.4, 0.5) is 4.79 Å². The van der Waals surface area contributed by atoms with Gasteiger partial charge in [-0.3, -0.25) is 0 Å². The lowest BCUT2D eigenvalue weighted by Gasteiger charge is -2.26. The minimum Gasteiger partial charge on any atom is -0.447 e. The number of para-hydroxylation sites is 1. The van der Waals surface area contributed by atoms with Gasteiger partial charge in [-0.1, -0.05) is 41.5 Å². The summed E-state index contributed by atoms with van der Waals surface area (Å²) < 4.78 is 32.9. The van der Waals surface area contributed by atoms with Gasteiger partial charge < -0.3 is 10.1 Å². The van der Waals surface area contributed by atoms with Crippen LogP contribution in [0, 0.1) is 5.92 Å². The van der Waals surface area contributed by atoms with Crippen molar-refractivity contribution in [2.45, 2.75) is 55.1 Å². The Hall–Kier alpha value is -3.27. The van der Waals surface area contributed by atoms with E-state index in [1.165, 1.54) is 21.4 Å². The van der Waals surface area contributed by atoms with Crippen molar-refractivity contribution in [2.24, 2.45) is 5.92 Å². The molecule has 3 atom stereocenters. The molecule has 2 fully saturated rings. The molecule has 0 bridgehead atoms. The van der Waals surface area contributed by atoms with Gasteiger partial charge >= 0.3 is 6.09 Å². The van der Waals surface area contributed by atoms with Gasteiger partial charge in [-0.2, -0.15) is 4.68 Å². The number of aryl methyl sites for hydroxylation is 1. The number of hydrogen-bond acceptors (Lipinski definition) is 7. The van der Waals surface area contributed by atoms with Gasteiger partial charge in [-0.15, -0.1) is 0 Å². The highest BCUT2D eigenvalue weighted by Gasteiger charge is 2.46. The van der Waals surface area contributed by atoms with E-state index in [-0.39, 0.29) is 28.5 Å². The molecule has 1 saturated heterocycles. The molecule has 2 unspecified atom stereocenters. The maximum Gasteiger partial charge on any atom is 0.407 e. The highest BCUT2D eigenvalue weighted by atomic mass is 32.2. The first-order valence-corrected chi connectivity index (χ1v) is 13.7. The van der Waals surface area contributed by atoms with Crippen molar-refractivity contribution < 1.29 is 17.9 Å². The van der Waals surface area contributed by atoms with Gasteiger partial charge in [-0.05, 0) is 89.6 Å². The maximum absolute atomic E-state index is 13.2. The van der Waals surface area contributed by atoms with E-state index in [4.69, 9.17) is 4.74 Å². The summed E-state index contributed by atoms with van der Waals surface area (Å²) in [5, 5.41) is 14.3. The minimum atomic E-state index is -3.66.